The predicted molar refractivity (Wildman–Crippen MR) is 198 cm³/mol. The van der Waals surface area contributed by atoms with E-state index in [4.69, 9.17) is 9.47 Å². The quantitative estimate of drug-likeness (QED) is 0.135. The van der Waals surface area contributed by atoms with Crippen LogP contribution in [0.4, 0.5) is 9.59 Å². The van der Waals surface area contributed by atoms with Gasteiger partial charge in [0.15, 0.2) is 0 Å². The van der Waals surface area contributed by atoms with Crippen molar-refractivity contribution in [3.63, 3.8) is 0 Å². The number of carbonyl (C=O) groups is 2. The van der Waals surface area contributed by atoms with Crippen LogP contribution in [0.1, 0.15) is 91.5 Å². The van der Waals surface area contributed by atoms with Crippen molar-refractivity contribution in [2.75, 3.05) is 6.54 Å². The third-order valence-corrected chi connectivity index (χ3v) is 8.31. The van der Waals surface area contributed by atoms with Gasteiger partial charge in [-0.2, -0.15) is 0 Å². The fourth-order valence-corrected chi connectivity index (χ4v) is 5.97. The number of carbonyl (C=O) groups excluding carboxylic acids is 2. The summed E-state index contributed by atoms with van der Waals surface area (Å²) in [4.78, 5) is 42.8. The van der Waals surface area contributed by atoms with Gasteiger partial charge in [0.25, 0.3) is 0 Å². The normalized spacial score (nSPS) is 12.6. The SMILES string of the molecule is CCCN(Cc1ncc(-c2ccc(-c3cc4cc(-c5cnc(C(CC)NC(=O)OC(C)(C)C)[nH]5)ccc4n3C)c(C)c2)[nH]1)C(=O)OC(C)(C)C. The molecule has 3 heterocycles. The maximum Gasteiger partial charge on any atom is 0.410 e. The van der Waals surface area contributed by atoms with Crippen molar-refractivity contribution in [1.82, 2.24) is 34.7 Å². The van der Waals surface area contributed by atoms with Gasteiger partial charge < -0.3 is 34.2 Å². The molecule has 266 valence electrons. The maximum atomic E-state index is 12.8. The molecule has 0 aliphatic carbocycles. The van der Waals surface area contributed by atoms with Crippen LogP contribution in [-0.4, -0.2) is 59.3 Å². The van der Waals surface area contributed by atoms with Gasteiger partial charge in [0.05, 0.1) is 36.4 Å². The van der Waals surface area contributed by atoms with Gasteiger partial charge in [-0.1, -0.05) is 32.0 Å². The summed E-state index contributed by atoms with van der Waals surface area (Å²) < 4.78 is 13.3. The molecule has 0 bridgehead atoms. The van der Waals surface area contributed by atoms with Crippen molar-refractivity contribution in [2.45, 2.75) is 98.9 Å². The number of alkyl carbamates (subject to hydrolysis) is 1. The summed E-state index contributed by atoms with van der Waals surface area (Å²) in [5.41, 5.74) is 7.15. The Morgan fingerprint density at radius 1 is 0.900 bits per heavy atom. The molecule has 0 fully saturated rings. The van der Waals surface area contributed by atoms with Crippen LogP contribution >= 0.6 is 0 Å². The summed E-state index contributed by atoms with van der Waals surface area (Å²) in [6.45, 7) is 18.2. The zero-order valence-corrected chi connectivity index (χ0v) is 31.0. The molecular formula is C39H51N7O4. The number of fused-ring (bicyclic) bond motifs is 1. The Morgan fingerprint density at radius 2 is 1.56 bits per heavy atom. The van der Waals surface area contributed by atoms with Crippen LogP contribution in [-0.2, 0) is 23.1 Å². The number of aryl methyl sites for hydroxylation is 2. The second kappa shape index (κ2) is 14.4. The van der Waals surface area contributed by atoms with E-state index in [1.807, 2.05) is 67.8 Å². The molecule has 5 rings (SSSR count). The van der Waals surface area contributed by atoms with E-state index >= 15 is 0 Å². The Morgan fingerprint density at radius 3 is 2.22 bits per heavy atom. The summed E-state index contributed by atoms with van der Waals surface area (Å²) in [7, 11) is 2.08. The Bertz CT molecular complexity index is 1970. The molecule has 1 unspecified atom stereocenters. The summed E-state index contributed by atoms with van der Waals surface area (Å²) in [5, 5.41) is 4.03. The van der Waals surface area contributed by atoms with E-state index in [-0.39, 0.29) is 12.1 Å². The van der Waals surface area contributed by atoms with Gasteiger partial charge in [-0.3, -0.25) is 0 Å². The fraction of sp³-hybridized carbons (Fsp3) is 0.436. The number of hydrogen-bond donors (Lipinski definition) is 3. The molecule has 0 spiro atoms. The number of H-pyrrole nitrogens is 2. The Hall–Kier alpha value is -5.06. The number of imidazole rings is 2. The largest absolute Gasteiger partial charge is 0.444 e. The zero-order valence-electron chi connectivity index (χ0n) is 31.0. The maximum absolute atomic E-state index is 12.8. The lowest BCUT2D eigenvalue weighted by molar-refractivity contribution is 0.0229. The minimum atomic E-state index is -0.576. The molecule has 0 saturated carbocycles. The van der Waals surface area contributed by atoms with Crippen molar-refractivity contribution in [1.29, 1.82) is 0 Å². The average Bonchev–Trinajstić information content (AvgIpc) is 3.77. The molecule has 1 atom stereocenters. The molecule has 0 aliphatic heterocycles. The number of amides is 2. The number of benzene rings is 2. The monoisotopic (exact) mass is 681 g/mol. The minimum Gasteiger partial charge on any atom is -0.444 e. The van der Waals surface area contributed by atoms with Crippen molar-refractivity contribution in [3.8, 4) is 33.8 Å². The highest BCUT2D eigenvalue weighted by Crippen LogP contribution is 2.34. The minimum absolute atomic E-state index is 0.294. The van der Waals surface area contributed by atoms with E-state index in [0.29, 0.717) is 31.2 Å². The van der Waals surface area contributed by atoms with E-state index < -0.39 is 17.3 Å². The summed E-state index contributed by atoms with van der Waals surface area (Å²) in [5.74, 6) is 1.39. The number of aromatic amines is 2. The molecule has 3 aromatic heterocycles. The van der Waals surface area contributed by atoms with Crippen LogP contribution in [0.3, 0.4) is 0 Å². The number of ether oxygens (including phenoxy) is 2. The molecule has 11 heteroatoms. The summed E-state index contributed by atoms with van der Waals surface area (Å²) in [6.07, 6.45) is 4.31. The molecule has 3 N–H and O–H groups in total. The Kier molecular flexibility index (Phi) is 10.5. The van der Waals surface area contributed by atoms with Crippen LogP contribution in [0.25, 0.3) is 44.7 Å². The van der Waals surface area contributed by atoms with Crippen molar-refractivity contribution < 1.29 is 19.1 Å². The van der Waals surface area contributed by atoms with Gasteiger partial charge in [0.2, 0.25) is 0 Å². The molecule has 0 saturated heterocycles. The number of hydrogen-bond acceptors (Lipinski definition) is 6. The fourth-order valence-electron chi connectivity index (χ4n) is 5.97. The standard InChI is InChI=1S/C39H51N7O4/c1-11-17-46(37(48)50-39(7,8)9)23-34-40-21-30(42-34)25-13-15-28(24(3)18-25)33-20-27-19-26(14-16-32(27)45(33)10)31-22-41-35(43-31)29(12-2)44-36(47)49-38(4,5)6/h13-16,18-22,29H,11-12,17,23H2,1-10H3,(H,40,42)(H,41,43)(H,44,47). The van der Waals surface area contributed by atoms with Crippen LogP contribution in [0.15, 0.2) is 54.9 Å². The van der Waals surface area contributed by atoms with Crippen molar-refractivity contribution in [2.24, 2.45) is 7.05 Å². The molecule has 0 aliphatic rings. The topological polar surface area (TPSA) is 130 Å². The highest BCUT2D eigenvalue weighted by atomic mass is 16.6. The first-order valence-corrected chi connectivity index (χ1v) is 17.3. The highest BCUT2D eigenvalue weighted by Gasteiger charge is 2.24. The molecule has 2 aromatic carbocycles. The van der Waals surface area contributed by atoms with E-state index in [2.05, 4.69) is 86.3 Å². The number of nitrogens with zero attached hydrogens (tertiary/aromatic N) is 4. The van der Waals surface area contributed by atoms with Gasteiger partial charge in [0, 0.05) is 41.3 Å². The first-order valence-electron chi connectivity index (χ1n) is 17.3. The van der Waals surface area contributed by atoms with Gasteiger partial charge in [-0.05, 0) is 96.7 Å². The summed E-state index contributed by atoms with van der Waals surface area (Å²) in [6, 6.07) is 14.7. The lowest BCUT2D eigenvalue weighted by Gasteiger charge is -2.26. The molecule has 11 nitrogen and oxygen atoms in total. The summed E-state index contributed by atoms with van der Waals surface area (Å²) >= 11 is 0. The van der Waals surface area contributed by atoms with Crippen LogP contribution in [0.2, 0.25) is 0 Å². The Balaban J connectivity index is 1.34. The first kappa shape index (κ1) is 36.2. The highest BCUT2D eigenvalue weighted by molar-refractivity contribution is 5.91. The molecule has 0 radical (unpaired) electrons. The lowest BCUT2D eigenvalue weighted by Crippen LogP contribution is -2.37. The molecule has 5 aromatic rings. The average molecular weight is 682 g/mol. The van der Waals surface area contributed by atoms with Crippen molar-refractivity contribution >= 4 is 23.1 Å². The van der Waals surface area contributed by atoms with E-state index in [1.54, 1.807) is 4.90 Å². The number of rotatable bonds is 10. The first-order chi connectivity index (χ1) is 23.5. The number of nitrogens with one attached hydrogen (secondary N) is 3. The number of aromatic nitrogens is 5. The predicted octanol–water partition coefficient (Wildman–Crippen LogP) is 9.06. The second-order valence-corrected chi connectivity index (χ2v) is 14.8. The lowest BCUT2D eigenvalue weighted by atomic mass is 10.0. The Labute approximate surface area is 294 Å². The van der Waals surface area contributed by atoms with Gasteiger partial charge in [-0.15, -0.1) is 0 Å². The van der Waals surface area contributed by atoms with Crippen LogP contribution < -0.4 is 5.32 Å². The third-order valence-electron chi connectivity index (χ3n) is 8.31. The molecular weight excluding hydrogens is 630 g/mol. The van der Waals surface area contributed by atoms with Gasteiger partial charge in [-0.25, -0.2) is 19.6 Å². The zero-order chi connectivity index (χ0) is 36.4. The smallest absolute Gasteiger partial charge is 0.410 e. The van der Waals surface area contributed by atoms with Gasteiger partial charge >= 0.3 is 12.2 Å². The third kappa shape index (κ3) is 8.56. The van der Waals surface area contributed by atoms with E-state index in [1.165, 1.54) is 0 Å². The van der Waals surface area contributed by atoms with E-state index in [0.717, 1.165) is 56.7 Å². The molecule has 50 heavy (non-hydrogen) atoms. The van der Waals surface area contributed by atoms with Crippen LogP contribution in [0, 0.1) is 6.92 Å². The van der Waals surface area contributed by atoms with Crippen molar-refractivity contribution in [3.05, 3.63) is 72.1 Å². The second-order valence-electron chi connectivity index (χ2n) is 14.8. The van der Waals surface area contributed by atoms with E-state index in [9.17, 15) is 9.59 Å². The van der Waals surface area contributed by atoms with Crippen LogP contribution in [0.5, 0.6) is 0 Å². The molecule has 2 amide bonds. The van der Waals surface area contributed by atoms with Gasteiger partial charge in [0.1, 0.15) is 22.9 Å².